The van der Waals surface area contributed by atoms with Crippen LogP contribution in [-0.2, 0) is 27.9 Å². The quantitative estimate of drug-likeness (QED) is 0.640. The van der Waals surface area contributed by atoms with E-state index in [1.807, 2.05) is 17.8 Å². The predicted octanol–water partition coefficient (Wildman–Crippen LogP) is 1.38. The Morgan fingerprint density at radius 3 is 2.68 bits per heavy atom. The van der Waals surface area contributed by atoms with Crippen LogP contribution in [0.25, 0.3) is 0 Å². The summed E-state index contributed by atoms with van der Waals surface area (Å²) in [7, 11) is -2.14. The summed E-state index contributed by atoms with van der Waals surface area (Å²) in [4.78, 5) is 27.3. The Balaban J connectivity index is 1.39. The number of carbonyl (C=O) groups is 2. The third kappa shape index (κ3) is 3.89. The zero-order valence-electron chi connectivity index (χ0n) is 17.6. The van der Waals surface area contributed by atoms with Gasteiger partial charge >= 0.3 is 11.9 Å². The number of imide groups is 1. The summed E-state index contributed by atoms with van der Waals surface area (Å²) < 4.78 is 31.5. The standard InChI is InChI=1S/C21H26N5O4S/c1-21(7-8-21)23-31(29,30)16-5-6-18-17(9-16)19(27)26(20(28)24(18)2)13-15-10-22-25(12-15)11-14-3-4-14/h5-6,9-10,12,14,17,23H,3-4,7-8,11,13H2,1-2H3/q+1. The summed E-state index contributed by atoms with van der Waals surface area (Å²) in [5.74, 6) is -0.587. The monoisotopic (exact) mass is 444 g/mol. The first-order valence-electron chi connectivity index (χ1n) is 10.6. The van der Waals surface area contributed by atoms with Gasteiger partial charge in [0.05, 0.1) is 18.1 Å². The molecule has 0 saturated heterocycles. The van der Waals surface area contributed by atoms with Crippen molar-refractivity contribution in [2.75, 3.05) is 7.05 Å². The second kappa shape index (κ2) is 6.96. The molecule has 164 valence electrons. The number of urea groups is 1. The molecule has 2 fully saturated rings. The first kappa shape index (κ1) is 20.3. The highest BCUT2D eigenvalue weighted by atomic mass is 32.2. The van der Waals surface area contributed by atoms with E-state index in [9.17, 15) is 18.0 Å². The maximum absolute atomic E-state index is 13.2. The van der Waals surface area contributed by atoms with Crippen LogP contribution in [0, 0.1) is 11.8 Å². The smallest absolute Gasteiger partial charge is 0.272 e. The van der Waals surface area contributed by atoms with E-state index in [-0.39, 0.29) is 11.4 Å². The molecule has 3 aliphatic carbocycles. The number of hydrogen-bond donors (Lipinski definition) is 1. The molecule has 3 amide bonds. The molecule has 31 heavy (non-hydrogen) atoms. The van der Waals surface area contributed by atoms with E-state index in [4.69, 9.17) is 0 Å². The van der Waals surface area contributed by atoms with Crippen molar-refractivity contribution in [3.05, 3.63) is 41.1 Å². The van der Waals surface area contributed by atoms with Gasteiger partial charge in [0, 0.05) is 23.8 Å². The van der Waals surface area contributed by atoms with Crippen LogP contribution in [0.15, 0.2) is 35.5 Å². The van der Waals surface area contributed by atoms with Gasteiger partial charge in [-0.15, -0.1) is 0 Å². The number of rotatable bonds is 7. The molecule has 0 bridgehead atoms. The van der Waals surface area contributed by atoms with E-state index in [0.717, 1.165) is 24.9 Å². The van der Waals surface area contributed by atoms with Gasteiger partial charge in [-0.3, -0.25) is 4.68 Å². The predicted molar refractivity (Wildman–Crippen MR) is 112 cm³/mol. The van der Waals surface area contributed by atoms with E-state index < -0.39 is 33.4 Å². The lowest BCUT2D eigenvalue weighted by molar-refractivity contribution is -0.406. The number of fused-ring (bicyclic) bond motifs is 1. The molecule has 9 nitrogen and oxygen atoms in total. The number of sulfonamides is 1. The van der Waals surface area contributed by atoms with Gasteiger partial charge < -0.3 is 0 Å². The topological polar surface area (TPSA) is 104 Å². The molecule has 1 aromatic heterocycles. The third-order valence-corrected chi connectivity index (χ3v) is 8.02. The molecule has 0 spiro atoms. The van der Waals surface area contributed by atoms with Gasteiger partial charge in [0.1, 0.15) is 18.2 Å². The van der Waals surface area contributed by atoms with E-state index in [2.05, 4.69) is 9.82 Å². The number of carbonyl (C=O) groups excluding carboxylic acids is 2. The van der Waals surface area contributed by atoms with E-state index in [0.29, 0.717) is 11.6 Å². The molecule has 1 aromatic rings. The summed E-state index contributed by atoms with van der Waals surface area (Å²) >= 11 is 0. The summed E-state index contributed by atoms with van der Waals surface area (Å²) in [6.45, 7) is 2.81. The van der Waals surface area contributed by atoms with Crippen molar-refractivity contribution >= 4 is 27.7 Å². The number of allylic oxidation sites excluding steroid dienone is 2. The average Bonchev–Trinajstić information content (AvgIpc) is 3.63. The molecule has 1 atom stereocenters. The zero-order chi connectivity index (χ0) is 22.0. The highest BCUT2D eigenvalue weighted by molar-refractivity contribution is 7.93. The minimum atomic E-state index is -3.74. The molecule has 1 unspecified atom stereocenters. The van der Waals surface area contributed by atoms with Crippen molar-refractivity contribution in [3.8, 4) is 0 Å². The van der Waals surface area contributed by atoms with Crippen molar-refractivity contribution in [1.82, 2.24) is 19.4 Å². The van der Waals surface area contributed by atoms with Gasteiger partial charge in [-0.2, -0.15) is 19.4 Å². The van der Waals surface area contributed by atoms with Crippen LogP contribution >= 0.6 is 0 Å². The lowest BCUT2D eigenvalue weighted by atomic mass is 9.94. The second-order valence-electron chi connectivity index (χ2n) is 9.25. The number of aromatic nitrogens is 2. The number of nitrogens with zero attached hydrogens (tertiary/aromatic N) is 4. The molecular formula is C21H26N5O4S+. The molecule has 0 aromatic carbocycles. The maximum atomic E-state index is 13.2. The van der Waals surface area contributed by atoms with Gasteiger partial charge in [0.15, 0.2) is 0 Å². The zero-order valence-corrected chi connectivity index (χ0v) is 18.4. The molecule has 2 saturated carbocycles. The molecule has 1 N–H and O–H groups in total. The summed E-state index contributed by atoms with van der Waals surface area (Å²) in [6.07, 6.45) is 12.0. The molecule has 5 rings (SSSR count). The minimum absolute atomic E-state index is 0.0580. The summed E-state index contributed by atoms with van der Waals surface area (Å²) in [5.41, 5.74) is 0.839. The van der Waals surface area contributed by atoms with Crippen molar-refractivity contribution < 1.29 is 22.6 Å². The summed E-state index contributed by atoms with van der Waals surface area (Å²) in [6, 6.07) is -0.431. The van der Waals surface area contributed by atoms with Crippen LogP contribution in [0.1, 0.15) is 38.2 Å². The van der Waals surface area contributed by atoms with Crippen molar-refractivity contribution in [2.24, 2.45) is 11.8 Å². The largest absolute Gasteiger partial charge is 0.500 e. The van der Waals surface area contributed by atoms with Crippen LogP contribution in [0.2, 0.25) is 0 Å². The molecule has 0 radical (unpaired) electrons. The van der Waals surface area contributed by atoms with Gasteiger partial charge in [0.25, 0.3) is 0 Å². The van der Waals surface area contributed by atoms with Crippen LogP contribution in [0.3, 0.4) is 0 Å². The molecule has 2 heterocycles. The Hall–Kier alpha value is -2.59. The van der Waals surface area contributed by atoms with E-state index >= 15 is 0 Å². The molecular weight excluding hydrogens is 418 g/mol. The molecule has 1 aliphatic heterocycles. The first-order valence-corrected chi connectivity index (χ1v) is 12.0. The van der Waals surface area contributed by atoms with Crippen LogP contribution in [0.5, 0.6) is 0 Å². The lowest BCUT2D eigenvalue weighted by Gasteiger charge is -2.26. The van der Waals surface area contributed by atoms with Gasteiger partial charge in [-0.25, -0.2) is 17.9 Å². The molecule has 10 heteroatoms. The Kier molecular flexibility index (Phi) is 4.56. The van der Waals surface area contributed by atoms with Gasteiger partial charge in [0.2, 0.25) is 10.0 Å². The van der Waals surface area contributed by atoms with Crippen molar-refractivity contribution in [2.45, 2.75) is 51.2 Å². The highest BCUT2D eigenvalue weighted by Crippen LogP contribution is 2.36. The fourth-order valence-electron chi connectivity index (χ4n) is 3.98. The highest BCUT2D eigenvalue weighted by Gasteiger charge is 2.48. The van der Waals surface area contributed by atoms with Crippen molar-refractivity contribution in [3.63, 3.8) is 0 Å². The molecule has 4 aliphatic rings. The third-order valence-electron chi connectivity index (χ3n) is 6.37. The van der Waals surface area contributed by atoms with Crippen molar-refractivity contribution in [1.29, 1.82) is 0 Å². The van der Waals surface area contributed by atoms with Gasteiger partial charge in [-0.1, -0.05) is 0 Å². The van der Waals surface area contributed by atoms with Crippen LogP contribution in [-0.4, -0.2) is 57.9 Å². The fraction of sp³-hybridized carbons (Fsp3) is 0.524. The normalized spacial score (nSPS) is 25.0. The van der Waals surface area contributed by atoms with Crippen LogP contribution in [0.4, 0.5) is 4.79 Å². The van der Waals surface area contributed by atoms with E-state index in [1.54, 1.807) is 19.3 Å². The van der Waals surface area contributed by atoms with E-state index in [1.165, 1.54) is 34.5 Å². The fourth-order valence-corrected chi connectivity index (χ4v) is 5.51. The SMILES string of the molecule is C[N+]1=C2C=CC(S(=O)(=O)NC3(C)CC3)=CC2C(=O)N(Cc2cnn(CC3CC3)c2)C1=O. The van der Waals surface area contributed by atoms with Crippen LogP contribution < -0.4 is 4.72 Å². The Morgan fingerprint density at radius 1 is 1.26 bits per heavy atom. The number of hydrogen-bond acceptors (Lipinski definition) is 5. The average molecular weight is 445 g/mol. The minimum Gasteiger partial charge on any atom is -0.272 e. The number of amides is 3. The summed E-state index contributed by atoms with van der Waals surface area (Å²) in [5, 5.41) is 4.33. The lowest BCUT2D eigenvalue weighted by Crippen LogP contribution is -2.53. The second-order valence-corrected chi connectivity index (χ2v) is 10.9. The Bertz CT molecular complexity index is 1170. The Morgan fingerprint density at radius 2 is 2.00 bits per heavy atom. The Labute approximate surface area is 181 Å². The maximum Gasteiger partial charge on any atom is 0.500 e. The first-order chi connectivity index (χ1) is 14.7. The number of nitrogens with one attached hydrogen (secondary N) is 1. The van der Waals surface area contributed by atoms with Gasteiger partial charge in [-0.05, 0) is 56.8 Å².